The van der Waals surface area contributed by atoms with Crippen molar-refractivity contribution in [2.24, 2.45) is 5.92 Å². The van der Waals surface area contributed by atoms with Gasteiger partial charge in [-0.3, -0.25) is 4.79 Å². The molecule has 0 bridgehead atoms. The van der Waals surface area contributed by atoms with E-state index < -0.39 is 0 Å². The van der Waals surface area contributed by atoms with E-state index in [9.17, 15) is 4.79 Å². The van der Waals surface area contributed by atoms with Crippen molar-refractivity contribution in [3.05, 3.63) is 29.8 Å². The number of hydrogen-bond donors (Lipinski definition) is 1. The van der Waals surface area contributed by atoms with Crippen LogP contribution in [0.1, 0.15) is 30.7 Å². The number of anilines is 1. The average molecular weight is 245 g/mol. The molecule has 2 heterocycles. The van der Waals surface area contributed by atoms with Crippen LogP contribution in [-0.2, 0) is 9.53 Å². The summed E-state index contributed by atoms with van der Waals surface area (Å²) in [5, 5.41) is 3.38. The van der Waals surface area contributed by atoms with Gasteiger partial charge in [0.2, 0.25) is 0 Å². The standard InChI is InChI=1S/C15H19NO2/c17-15(11-5-7-18-8-6-11)9-12-10-16-14-4-2-1-3-13(12)14/h1-4,11-12,16H,5-10H2. The fraction of sp³-hybridized carbons (Fsp3) is 0.533. The van der Waals surface area contributed by atoms with E-state index in [2.05, 4.69) is 23.5 Å². The van der Waals surface area contributed by atoms with Gasteiger partial charge in [-0.15, -0.1) is 0 Å². The third-order valence-electron chi connectivity index (χ3n) is 4.06. The smallest absolute Gasteiger partial charge is 0.136 e. The number of ether oxygens (including phenoxy) is 1. The lowest BCUT2D eigenvalue weighted by molar-refractivity contribution is -0.126. The third kappa shape index (κ3) is 2.27. The number of Topliss-reactive ketones (excluding diaryl/α,β-unsaturated/α-hetero) is 1. The van der Waals surface area contributed by atoms with Crippen LogP contribution in [0.5, 0.6) is 0 Å². The predicted molar refractivity (Wildman–Crippen MR) is 70.8 cm³/mol. The Balaban J connectivity index is 1.65. The van der Waals surface area contributed by atoms with Gasteiger partial charge in [-0.2, -0.15) is 0 Å². The van der Waals surface area contributed by atoms with Crippen molar-refractivity contribution in [3.63, 3.8) is 0 Å². The van der Waals surface area contributed by atoms with E-state index in [1.165, 1.54) is 11.3 Å². The molecule has 0 amide bonds. The van der Waals surface area contributed by atoms with Crippen molar-refractivity contribution in [1.82, 2.24) is 0 Å². The first kappa shape index (κ1) is 11.7. The second kappa shape index (κ2) is 5.11. The maximum atomic E-state index is 12.3. The SMILES string of the molecule is O=C(CC1CNc2ccccc21)C1CCOCC1. The molecule has 1 aromatic carbocycles. The van der Waals surface area contributed by atoms with Crippen LogP contribution < -0.4 is 5.32 Å². The lowest BCUT2D eigenvalue weighted by Crippen LogP contribution is -2.25. The largest absolute Gasteiger partial charge is 0.384 e. The van der Waals surface area contributed by atoms with Crippen molar-refractivity contribution >= 4 is 11.5 Å². The topological polar surface area (TPSA) is 38.3 Å². The molecule has 1 fully saturated rings. The van der Waals surface area contributed by atoms with Crippen molar-refractivity contribution < 1.29 is 9.53 Å². The Hall–Kier alpha value is -1.35. The van der Waals surface area contributed by atoms with Gasteiger partial charge in [0.25, 0.3) is 0 Å². The van der Waals surface area contributed by atoms with Gasteiger partial charge in [0.1, 0.15) is 5.78 Å². The first-order valence-corrected chi connectivity index (χ1v) is 6.78. The molecular formula is C15H19NO2. The van der Waals surface area contributed by atoms with Gasteiger partial charge in [0.15, 0.2) is 0 Å². The molecule has 1 N–H and O–H groups in total. The Morgan fingerprint density at radius 3 is 2.89 bits per heavy atom. The molecule has 1 saturated heterocycles. The van der Waals surface area contributed by atoms with E-state index in [4.69, 9.17) is 4.74 Å². The molecule has 1 unspecified atom stereocenters. The Labute approximate surface area is 108 Å². The van der Waals surface area contributed by atoms with Crippen LogP contribution >= 0.6 is 0 Å². The van der Waals surface area contributed by atoms with Crippen LogP contribution in [-0.4, -0.2) is 25.5 Å². The van der Waals surface area contributed by atoms with Crippen LogP contribution in [0.3, 0.4) is 0 Å². The highest BCUT2D eigenvalue weighted by molar-refractivity contribution is 5.82. The Kier molecular flexibility index (Phi) is 3.33. The minimum Gasteiger partial charge on any atom is -0.384 e. The highest BCUT2D eigenvalue weighted by Crippen LogP contribution is 2.34. The maximum absolute atomic E-state index is 12.3. The molecule has 18 heavy (non-hydrogen) atoms. The molecule has 3 heteroatoms. The second-order valence-corrected chi connectivity index (χ2v) is 5.22. The highest BCUT2D eigenvalue weighted by Gasteiger charge is 2.28. The fourth-order valence-corrected chi connectivity index (χ4v) is 2.97. The molecule has 3 nitrogen and oxygen atoms in total. The van der Waals surface area contributed by atoms with Crippen molar-refractivity contribution in [3.8, 4) is 0 Å². The van der Waals surface area contributed by atoms with E-state index >= 15 is 0 Å². The number of rotatable bonds is 3. The van der Waals surface area contributed by atoms with Crippen LogP contribution in [0.2, 0.25) is 0 Å². The second-order valence-electron chi connectivity index (χ2n) is 5.22. The molecule has 0 spiro atoms. The monoisotopic (exact) mass is 245 g/mol. The summed E-state index contributed by atoms with van der Waals surface area (Å²) in [4.78, 5) is 12.3. The van der Waals surface area contributed by atoms with Crippen LogP contribution in [0.15, 0.2) is 24.3 Å². The van der Waals surface area contributed by atoms with Crippen LogP contribution in [0.4, 0.5) is 5.69 Å². The summed E-state index contributed by atoms with van der Waals surface area (Å²) in [6.07, 6.45) is 2.48. The molecule has 0 aliphatic carbocycles. The summed E-state index contributed by atoms with van der Waals surface area (Å²) in [6.45, 7) is 2.39. The summed E-state index contributed by atoms with van der Waals surface area (Å²) in [5.74, 6) is 1.00. The molecule has 1 aromatic rings. The lowest BCUT2D eigenvalue weighted by atomic mass is 9.87. The molecule has 2 aliphatic heterocycles. The number of nitrogens with one attached hydrogen (secondary N) is 1. The summed E-state index contributed by atoms with van der Waals surface area (Å²) < 4.78 is 5.31. The van der Waals surface area contributed by atoms with Gasteiger partial charge >= 0.3 is 0 Å². The molecule has 0 aromatic heterocycles. The molecular weight excluding hydrogens is 226 g/mol. The maximum Gasteiger partial charge on any atom is 0.136 e. The Morgan fingerprint density at radius 2 is 2.06 bits per heavy atom. The predicted octanol–water partition coefficient (Wildman–Crippen LogP) is 2.58. The van der Waals surface area contributed by atoms with E-state index in [1.54, 1.807) is 0 Å². The molecule has 0 saturated carbocycles. The van der Waals surface area contributed by atoms with Crippen molar-refractivity contribution in [1.29, 1.82) is 0 Å². The van der Waals surface area contributed by atoms with E-state index in [1.807, 2.05) is 6.07 Å². The van der Waals surface area contributed by atoms with E-state index in [0.717, 1.165) is 32.6 Å². The first-order chi connectivity index (χ1) is 8.84. The van der Waals surface area contributed by atoms with Crippen LogP contribution in [0.25, 0.3) is 0 Å². The number of para-hydroxylation sites is 1. The van der Waals surface area contributed by atoms with Gasteiger partial charge < -0.3 is 10.1 Å². The molecule has 96 valence electrons. The fourth-order valence-electron chi connectivity index (χ4n) is 2.97. The molecule has 1 atom stereocenters. The van der Waals surface area contributed by atoms with Crippen molar-refractivity contribution in [2.75, 3.05) is 25.1 Å². The number of carbonyl (C=O) groups excluding carboxylic acids is 1. The Morgan fingerprint density at radius 1 is 1.28 bits per heavy atom. The van der Waals surface area contributed by atoms with Gasteiger partial charge in [-0.05, 0) is 24.5 Å². The van der Waals surface area contributed by atoms with Crippen LogP contribution in [0, 0.1) is 5.92 Å². The van der Waals surface area contributed by atoms with Gasteiger partial charge in [0, 0.05) is 43.7 Å². The average Bonchev–Trinajstić information content (AvgIpc) is 2.83. The van der Waals surface area contributed by atoms with E-state index in [0.29, 0.717) is 18.1 Å². The number of benzene rings is 1. The number of hydrogen-bond acceptors (Lipinski definition) is 3. The zero-order valence-electron chi connectivity index (χ0n) is 10.5. The number of fused-ring (bicyclic) bond motifs is 1. The summed E-state index contributed by atoms with van der Waals surface area (Å²) in [5.41, 5.74) is 2.50. The molecule has 0 radical (unpaired) electrons. The highest BCUT2D eigenvalue weighted by atomic mass is 16.5. The van der Waals surface area contributed by atoms with E-state index in [-0.39, 0.29) is 5.92 Å². The number of carbonyl (C=O) groups is 1. The van der Waals surface area contributed by atoms with Gasteiger partial charge in [-0.25, -0.2) is 0 Å². The zero-order valence-corrected chi connectivity index (χ0v) is 10.5. The quantitative estimate of drug-likeness (QED) is 0.889. The minimum atomic E-state index is 0.228. The summed E-state index contributed by atoms with van der Waals surface area (Å²) in [7, 11) is 0. The lowest BCUT2D eigenvalue weighted by Gasteiger charge is -2.22. The van der Waals surface area contributed by atoms with Crippen molar-refractivity contribution in [2.45, 2.75) is 25.2 Å². The van der Waals surface area contributed by atoms with Gasteiger partial charge in [-0.1, -0.05) is 18.2 Å². The summed E-state index contributed by atoms with van der Waals surface area (Å²) >= 11 is 0. The first-order valence-electron chi connectivity index (χ1n) is 6.78. The Bertz CT molecular complexity index is 438. The normalized spacial score (nSPS) is 23.4. The minimum absolute atomic E-state index is 0.228. The third-order valence-corrected chi connectivity index (χ3v) is 4.06. The molecule has 3 rings (SSSR count). The van der Waals surface area contributed by atoms with Gasteiger partial charge in [0.05, 0.1) is 0 Å². The summed E-state index contributed by atoms with van der Waals surface area (Å²) in [6, 6.07) is 8.32. The molecule has 2 aliphatic rings. The number of ketones is 1. The zero-order chi connectivity index (χ0) is 12.4.